The van der Waals surface area contributed by atoms with Crippen LogP contribution in [0, 0.1) is 10.1 Å². The second-order valence-corrected chi connectivity index (χ2v) is 5.27. The third-order valence-electron chi connectivity index (χ3n) is 3.12. The number of halogens is 1. The van der Waals surface area contributed by atoms with Crippen molar-refractivity contribution in [3.05, 3.63) is 38.9 Å². The van der Waals surface area contributed by atoms with Gasteiger partial charge in [0.15, 0.2) is 0 Å². The van der Waals surface area contributed by atoms with Gasteiger partial charge in [-0.2, -0.15) is 0 Å². The zero-order valence-corrected chi connectivity index (χ0v) is 12.7. The van der Waals surface area contributed by atoms with E-state index in [4.69, 9.17) is 16.3 Å². The molecule has 0 fully saturated rings. The number of hydrogen-bond donors (Lipinski definition) is 0. The predicted molar refractivity (Wildman–Crippen MR) is 81.1 cm³/mol. The van der Waals surface area contributed by atoms with E-state index >= 15 is 0 Å². The van der Waals surface area contributed by atoms with Crippen LogP contribution in [0.4, 0.5) is 5.69 Å². The van der Waals surface area contributed by atoms with Gasteiger partial charge in [0.25, 0.3) is 5.69 Å². The zero-order valence-electron chi connectivity index (χ0n) is 11.9. The fourth-order valence-electron chi connectivity index (χ4n) is 1.96. The van der Waals surface area contributed by atoms with Gasteiger partial charge >= 0.3 is 0 Å². The largest absolute Gasteiger partial charge is 0.377 e. The molecule has 0 unspecified atom stereocenters. The fraction of sp³-hybridized carbons (Fsp3) is 0.600. The topological polar surface area (TPSA) is 52.4 Å². The summed E-state index contributed by atoms with van der Waals surface area (Å²) < 4.78 is 5.54. The van der Waals surface area contributed by atoms with Crippen LogP contribution in [0.5, 0.6) is 0 Å². The van der Waals surface area contributed by atoms with Gasteiger partial charge in [0.05, 0.1) is 11.5 Å². The third kappa shape index (κ3) is 6.35. The quantitative estimate of drug-likeness (QED) is 0.342. The number of unbranched alkanes of at least 4 members (excludes halogenated alkanes) is 5. The van der Waals surface area contributed by atoms with E-state index in [2.05, 4.69) is 6.92 Å². The lowest BCUT2D eigenvalue weighted by Gasteiger charge is -2.05. The summed E-state index contributed by atoms with van der Waals surface area (Å²) in [6.07, 6.45) is 7.32. The molecule has 0 aliphatic carbocycles. The van der Waals surface area contributed by atoms with Crippen molar-refractivity contribution >= 4 is 17.3 Å². The number of ether oxygens (including phenoxy) is 1. The van der Waals surface area contributed by atoms with Gasteiger partial charge in [-0.15, -0.1) is 0 Å². The average Bonchev–Trinajstić information content (AvgIpc) is 2.43. The van der Waals surface area contributed by atoms with E-state index in [0.29, 0.717) is 13.2 Å². The molecule has 0 aliphatic rings. The van der Waals surface area contributed by atoms with Crippen LogP contribution in [0.25, 0.3) is 0 Å². The minimum absolute atomic E-state index is 0.0627. The second-order valence-electron chi connectivity index (χ2n) is 4.86. The number of nitro benzene ring substituents is 1. The maximum atomic E-state index is 10.8. The molecule has 1 aromatic carbocycles. The van der Waals surface area contributed by atoms with Crippen molar-refractivity contribution < 1.29 is 9.66 Å². The maximum absolute atomic E-state index is 10.8. The third-order valence-corrected chi connectivity index (χ3v) is 3.44. The molecule has 5 heteroatoms. The van der Waals surface area contributed by atoms with Gasteiger partial charge in [-0.05, 0) is 18.1 Å². The molecule has 0 saturated heterocycles. The zero-order chi connectivity index (χ0) is 14.8. The summed E-state index contributed by atoms with van der Waals surface area (Å²) >= 11 is 5.75. The standard InChI is InChI=1S/C15H22ClNO3/c1-2-3-4-5-6-7-10-20-12-13-8-9-14(16)15(11-13)17(18)19/h8-9,11H,2-7,10,12H2,1H3. The Morgan fingerprint density at radius 2 is 1.90 bits per heavy atom. The van der Waals surface area contributed by atoms with Crippen LogP contribution in [-0.2, 0) is 11.3 Å². The number of hydrogen-bond acceptors (Lipinski definition) is 3. The Balaban J connectivity index is 2.22. The van der Waals surface area contributed by atoms with Crippen LogP contribution in [-0.4, -0.2) is 11.5 Å². The van der Waals surface area contributed by atoms with Gasteiger partial charge in [0.2, 0.25) is 0 Å². The van der Waals surface area contributed by atoms with E-state index in [-0.39, 0.29) is 10.7 Å². The van der Waals surface area contributed by atoms with E-state index < -0.39 is 4.92 Å². The van der Waals surface area contributed by atoms with Crippen molar-refractivity contribution in [2.45, 2.75) is 52.1 Å². The number of benzene rings is 1. The van der Waals surface area contributed by atoms with E-state index in [9.17, 15) is 10.1 Å². The van der Waals surface area contributed by atoms with Crippen LogP contribution >= 0.6 is 11.6 Å². The summed E-state index contributed by atoms with van der Waals surface area (Å²) in [4.78, 5) is 10.3. The molecule has 0 atom stereocenters. The molecule has 0 amide bonds. The molecule has 20 heavy (non-hydrogen) atoms. The van der Waals surface area contributed by atoms with Crippen LogP contribution in [0.2, 0.25) is 5.02 Å². The minimum atomic E-state index is -0.473. The van der Waals surface area contributed by atoms with Crippen LogP contribution in [0.15, 0.2) is 18.2 Å². The molecule has 0 heterocycles. The highest BCUT2D eigenvalue weighted by Gasteiger charge is 2.12. The van der Waals surface area contributed by atoms with Crippen LogP contribution < -0.4 is 0 Å². The average molecular weight is 300 g/mol. The molecule has 0 aliphatic heterocycles. The van der Waals surface area contributed by atoms with Crippen molar-refractivity contribution in [2.75, 3.05) is 6.61 Å². The van der Waals surface area contributed by atoms with E-state index in [1.165, 1.54) is 38.2 Å². The van der Waals surface area contributed by atoms with E-state index in [0.717, 1.165) is 12.0 Å². The molecular weight excluding hydrogens is 278 g/mol. The first kappa shape index (κ1) is 16.9. The van der Waals surface area contributed by atoms with E-state index in [1.807, 2.05) is 0 Å². The molecular formula is C15H22ClNO3. The Morgan fingerprint density at radius 1 is 1.20 bits per heavy atom. The molecule has 0 saturated carbocycles. The highest BCUT2D eigenvalue weighted by Crippen LogP contribution is 2.25. The maximum Gasteiger partial charge on any atom is 0.288 e. The lowest BCUT2D eigenvalue weighted by Crippen LogP contribution is -1.97. The van der Waals surface area contributed by atoms with Gasteiger partial charge in [0, 0.05) is 12.7 Å². The van der Waals surface area contributed by atoms with Crippen molar-refractivity contribution in [2.24, 2.45) is 0 Å². The van der Waals surface area contributed by atoms with Crippen molar-refractivity contribution in [3.63, 3.8) is 0 Å². The Bertz CT molecular complexity index is 424. The highest BCUT2D eigenvalue weighted by molar-refractivity contribution is 6.32. The highest BCUT2D eigenvalue weighted by atomic mass is 35.5. The molecule has 0 spiro atoms. The SMILES string of the molecule is CCCCCCCCOCc1ccc(Cl)c([N+](=O)[O-])c1. The van der Waals surface area contributed by atoms with Gasteiger partial charge < -0.3 is 4.74 Å². The number of rotatable bonds is 10. The molecule has 112 valence electrons. The fourth-order valence-corrected chi connectivity index (χ4v) is 2.15. The van der Waals surface area contributed by atoms with Crippen molar-refractivity contribution in [3.8, 4) is 0 Å². The van der Waals surface area contributed by atoms with Crippen molar-refractivity contribution in [1.82, 2.24) is 0 Å². The summed E-state index contributed by atoms with van der Waals surface area (Å²) in [5, 5.41) is 10.9. The van der Waals surface area contributed by atoms with Gasteiger partial charge in [-0.25, -0.2) is 0 Å². The second kappa shape index (κ2) is 9.72. The molecule has 0 radical (unpaired) electrons. The number of nitrogens with zero attached hydrogens (tertiary/aromatic N) is 1. The summed E-state index contributed by atoms with van der Waals surface area (Å²) in [7, 11) is 0. The molecule has 4 nitrogen and oxygen atoms in total. The molecule has 0 N–H and O–H groups in total. The molecule has 0 aromatic heterocycles. The van der Waals surface area contributed by atoms with Crippen LogP contribution in [0.3, 0.4) is 0 Å². The summed E-state index contributed by atoms with van der Waals surface area (Å²) in [5.41, 5.74) is 0.722. The lowest BCUT2D eigenvalue weighted by molar-refractivity contribution is -0.384. The number of nitro groups is 1. The predicted octanol–water partition coefficient (Wildman–Crippen LogP) is 5.13. The molecule has 0 bridgehead atoms. The molecule has 1 aromatic rings. The first-order valence-electron chi connectivity index (χ1n) is 7.15. The smallest absolute Gasteiger partial charge is 0.288 e. The first-order chi connectivity index (χ1) is 9.65. The first-order valence-corrected chi connectivity index (χ1v) is 7.53. The Morgan fingerprint density at radius 3 is 2.60 bits per heavy atom. The van der Waals surface area contributed by atoms with Gasteiger partial charge in [0.1, 0.15) is 5.02 Å². The Labute approximate surface area is 125 Å². The normalized spacial score (nSPS) is 10.7. The summed E-state index contributed by atoms with van der Waals surface area (Å²) in [5.74, 6) is 0. The monoisotopic (exact) mass is 299 g/mol. The summed E-state index contributed by atoms with van der Waals surface area (Å²) in [6.45, 7) is 3.30. The lowest BCUT2D eigenvalue weighted by atomic mass is 10.1. The van der Waals surface area contributed by atoms with Crippen LogP contribution in [0.1, 0.15) is 51.0 Å². The Kier molecular flexibility index (Phi) is 8.23. The molecule has 1 rings (SSSR count). The van der Waals surface area contributed by atoms with Crippen molar-refractivity contribution in [1.29, 1.82) is 0 Å². The summed E-state index contributed by atoms with van der Waals surface area (Å²) in [6, 6.07) is 4.78. The minimum Gasteiger partial charge on any atom is -0.377 e. The Hall–Kier alpha value is -1.13. The van der Waals surface area contributed by atoms with Gasteiger partial charge in [-0.1, -0.05) is 56.7 Å². The van der Waals surface area contributed by atoms with E-state index in [1.54, 1.807) is 12.1 Å². The van der Waals surface area contributed by atoms with Gasteiger partial charge in [-0.3, -0.25) is 10.1 Å².